The number of carbonyl (C=O) groups excluding carboxylic acids is 3. The SMILES string of the molecule is CC/C=C\C/C=C\C/C=C\C/C=C\C/C=C\CCCCCC(=O)OCC(COP(=O)(O)OCC(CO)OC(=O)CC/C=C\C/C=C\C/C=C\C/C=C\CC)OC(=O)CCCCCCCCCCC/C=C\C/C=C\CCCCC. The molecule has 3 unspecified atom stereocenters. The van der Waals surface area contributed by atoms with E-state index in [4.69, 9.17) is 23.3 Å². The van der Waals surface area contributed by atoms with E-state index in [-0.39, 0.29) is 25.9 Å². The van der Waals surface area contributed by atoms with Gasteiger partial charge in [0, 0.05) is 19.3 Å². The number of rotatable bonds is 54. The van der Waals surface area contributed by atoms with Crippen LogP contribution < -0.4 is 0 Å². The van der Waals surface area contributed by atoms with Gasteiger partial charge in [0.2, 0.25) is 0 Å². The standard InChI is InChI=1S/C66H107O11P/c1-4-7-10-13-16-19-22-25-27-29-31-33-35-38-40-43-46-49-52-55-64(68)73-59-63(77-66(70)57-54-51-48-45-42-39-36-34-32-30-28-26-23-20-17-14-11-8-5-2)61-75-78(71,72)74-60-62(58-67)76-65(69)56-53-50-47-44-41-37-24-21-18-15-12-9-6-3/h7,9-10,12,16-21,25-28,31,33,37-38,40-41,47,50,62-63,67H,4-6,8,11,13-15,22-24,29-30,32,34-36,39,42-46,48-49,51-61H2,1-3H3,(H,71,72)/b10-7-,12-9-,19-16-,20-17-,21-18-,27-25-,28-26-,33-31-,40-38-,41-37-,50-47-. The van der Waals surface area contributed by atoms with Crippen molar-refractivity contribution in [3.8, 4) is 0 Å². The predicted molar refractivity (Wildman–Crippen MR) is 325 cm³/mol. The summed E-state index contributed by atoms with van der Waals surface area (Å²) in [5.41, 5.74) is 0. The summed E-state index contributed by atoms with van der Waals surface area (Å²) in [6, 6.07) is 0. The summed E-state index contributed by atoms with van der Waals surface area (Å²) in [6.07, 6.45) is 74.3. The van der Waals surface area contributed by atoms with Crippen LogP contribution in [0.3, 0.4) is 0 Å². The van der Waals surface area contributed by atoms with E-state index < -0.39 is 57.8 Å². The summed E-state index contributed by atoms with van der Waals surface area (Å²) in [5, 5.41) is 9.80. The Kier molecular flexibility index (Phi) is 55.5. The van der Waals surface area contributed by atoms with Crippen LogP contribution in [-0.2, 0) is 42.2 Å². The Morgan fingerprint density at radius 2 is 0.692 bits per heavy atom. The van der Waals surface area contributed by atoms with Crippen LogP contribution in [0.15, 0.2) is 134 Å². The van der Waals surface area contributed by atoms with Gasteiger partial charge in [-0.3, -0.25) is 23.4 Å². The van der Waals surface area contributed by atoms with Crippen molar-refractivity contribution in [3.63, 3.8) is 0 Å². The predicted octanol–water partition coefficient (Wildman–Crippen LogP) is 18.1. The van der Waals surface area contributed by atoms with Crippen LogP contribution in [0.5, 0.6) is 0 Å². The molecule has 0 aliphatic carbocycles. The van der Waals surface area contributed by atoms with Crippen LogP contribution in [0.2, 0.25) is 0 Å². The molecule has 0 aliphatic heterocycles. The fraction of sp³-hybridized carbons (Fsp3) is 0.621. The van der Waals surface area contributed by atoms with Crippen molar-refractivity contribution in [2.75, 3.05) is 26.4 Å². The molecule has 0 saturated carbocycles. The topological polar surface area (TPSA) is 155 Å². The van der Waals surface area contributed by atoms with Gasteiger partial charge in [0.25, 0.3) is 0 Å². The molecule has 0 aromatic rings. The average Bonchev–Trinajstić information content (AvgIpc) is 3.43. The number of hydrogen-bond acceptors (Lipinski definition) is 10. The van der Waals surface area contributed by atoms with Gasteiger partial charge in [-0.05, 0) is 122 Å². The monoisotopic (exact) mass is 1110 g/mol. The average molecular weight is 1110 g/mol. The number of esters is 3. The summed E-state index contributed by atoms with van der Waals surface area (Å²) in [6.45, 7) is 4.26. The summed E-state index contributed by atoms with van der Waals surface area (Å²) in [7, 11) is -4.79. The molecule has 3 atom stereocenters. The minimum Gasteiger partial charge on any atom is -0.462 e. The maximum absolute atomic E-state index is 12.9. The molecule has 78 heavy (non-hydrogen) atoms. The largest absolute Gasteiger partial charge is 0.472 e. The lowest BCUT2D eigenvalue weighted by atomic mass is 10.1. The van der Waals surface area contributed by atoms with Gasteiger partial charge >= 0.3 is 25.7 Å². The number of hydrogen-bond donors (Lipinski definition) is 2. The highest BCUT2D eigenvalue weighted by molar-refractivity contribution is 7.47. The molecule has 0 radical (unpaired) electrons. The first kappa shape index (κ1) is 73.6. The summed E-state index contributed by atoms with van der Waals surface area (Å²) in [4.78, 5) is 48.6. The number of allylic oxidation sites excluding steroid dienone is 22. The molecule has 0 bridgehead atoms. The Morgan fingerprint density at radius 3 is 1.12 bits per heavy atom. The smallest absolute Gasteiger partial charge is 0.462 e. The molecule has 2 N–H and O–H groups in total. The van der Waals surface area contributed by atoms with Crippen LogP contribution in [0.1, 0.15) is 226 Å². The lowest BCUT2D eigenvalue weighted by Gasteiger charge is -2.21. The first-order chi connectivity index (χ1) is 38.2. The molecular formula is C66H107O11P. The molecule has 11 nitrogen and oxygen atoms in total. The third kappa shape index (κ3) is 56.3. The molecule has 442 valence electrons. The van der Waals surface area contributed by atoms with Crippen LogP contribution >= 0.6 is 7.82 Å². The Bertz CT molecular complexity index is 1820. The zero-order chi connectivity index (χ0) is 56.9. The normalized spacial score (nSPS) is 14.3. The lowest BCUT2D eigenvalue weighted by molar-refractivity contribution is -0.161. The number of phosphoric ester groups is 1. The first-order valence-corrected chi connectivity index (χ1v) is 31.6. The summed E-state index contributed by atoms with van der Waals surface area (Å²) < 4.78 is 39.5. The van der Waals surface area contributed by atoms with E-state index in [1.165, 1.54) is 51.4 Å². The molecule has 0 rings (SSSR count). The van der Waals surface area contributed by atoms with Crippen molar-refractivity contribution < 1.29 is 52.2 Å². The zero-order valence-corrected chi connectivity index (χ0v) is 49.7. The second-order valence-corrected chi connectivity index (χ2v) is 20.8. The molecule has 0 saturated heterocycles. The third-order valence-electron chi connectivity index (χ3n) is 12.1. The Balaban J connectivity index is 4.85. The quantitative estimate of drug-likeness (QED) is 0.0197. The van der Waals surface area contributed by atoms with Crippen LogP contribution in [0, 0.1) is 0 Å². The molecule has 0 spiro atoms. The van der Waals surface area contributed by atoms with Crippen molar-refractivity contribution in [2.45, 2.75) is 238 Å². The van der Waals surface area contributed by atoms with Gasteiger partial charge in [-0.15, -0.1) is 0 Å². The van der Waals surface area contributed by atoms with Gasteiger partial charge in [0.15, 0.2) is 6.10 Å². The van der Waals surface area contributed by atoms with Gasteiger partial charge in [0.05, 0.1) is 19.8 Å². The fourth-order valence-corrected chi connectivity index (χ4v) is 8.33. The second kappa shape index (κ2) is 58.8. The zero-order valence-electron chi connectivity index (χ0n) is 48.8. The Hall–Kier alpha value is -4.38. The van der Waals surface area contributed by atoms with E-state index >= 15 is 0 Å². The molecule has 0 heterocycles. The summed E-state index contributed by atoms with van der Waals surface area (Å²) >= 11 is 0. The highest BCUT2D eigenvalue weighted by Gasteiger charge is 2.28. The van der Waals surface area contributed by atoms with Gasteiger partial charge in [-0.25, -0.2) is 4.57 Å². The minimum atomic E-state index is -4.79. The van der Waals surface area contributed by atoms with Crippen molar-refractivity contribution in [1.29, 1.82) is 0 Å². The second-order valence-electron chi connectivity index (χ2n) is 19.4. The van der Waals surface area contributed by atoms with E-state index in [0.29, 0.717) is 19.3 Å². The van der Waals surface area contributed by atoms with Gasteiger partial charge in [-0.1, -0.05) is 219 Å². The van der Waals surface area contributed by atoms with E-state index in [0.717, 1.165) is 116 Å². The van der Waals surface area contributed by atoms with E-state index in [1.807, 2.05) is 18.2 Å². The molecular weight excluding hydrogens is 1000 g/mol. The van der Waals surface area contributed by atoms with E-state index in [9.17, 15) is 28.9 Å². The molecule has 0 aromatic heterocycles. The van der Waals surface area contributed by atoms with Crippen molar-refractivity contribution in [3.05, 3.63) is 134 Å². The van der Waals surface area contributed by atoms with Crippen LogP contribution in [0.4, 0.5) is 0 Å². The van der Waals surface area contributed by atoms with E-state index in [1.54, 1.807) is 0 Å². The van der Waals surface area contributed by atoms with Crippen LogP contribution in [0.25, 0.3) is 0 Å². The van der Waals surface area contributed by atoms with Crippen molar-refractivity contribution in [1.82, 2.24) is 0 Å². The number of phosphoric acid groups is 1. The Morgan fingerprint density at radius 1 is 0.372 bits per heavy atom. The van der Waals surface area contributed by atoms with Crippen molar-refractivity contribution >= 4 is 25.7 Å². The van der Waals surface area contributed by atoms with Gasteiger partial charge in [-0.2, -0.15) is 0 Å². The fourth-order valence-electron chi connectivity index (χ4n) is 7.54. The number of aliphatic hydroxyl groups is 1. The minimum absolute atomic E-state index is 0.0470. The van der Waals surface area contributed by atoms with Gasteiger partial charge < -0.3 is 24.2 Å². The maximum Gasteiger partial charge on any atom is 0.472 e. The number of carbonyl (C=O) groups is 3. The molecule has 0 aromatic carbocycles. The molecule has 0 fully saturated rings. The third-order valence-corrected chi connectivity index (χ3v) is 13.0. The van der Waals surface area contributed by atoms with E-state index in [2.05, 4.69) is 136 Å². The molecule has 0 amide bonds. The lowest BCUT2D eigenvalue weighted by Crippen LogP contribution is -2.30. The van der Waals surface area contributed by atoms with Gasteiger partial charge in [0.1, 0.15) is 12.7 Å². The number of aliphatic hydroxyl groups excluding tert-OH is 1. The number of ether oxygens (including phenoxy) is 3. The highest BCUT2D eigenvalue weighted by Crippen LogP contribution is 2.43. The molecule has 0 aliphatic rings. The highest BCUT2D eigenvalue weighted by atomic mass is 31.2. The van der Waals surface area contributed by atoms with Crippen LogP contribution in [-0.4, -0.2) is 66.5 Å². The first-order valence-electron chi connectivity index (χ1n) is 30.1. The summed E-state index contributed by atoms with van der Waals surface area (Å²) in [5.74, 6) is -1.61. The molecule has 12 heteroatoms. The Labute approximate surface area is 474 Å². The maximum atomic E-state index is 12.9. The van der Waals surface area contributed by atoms with Crippen molar-refractivity contribution in [2.24, 2.45) is 0 Å². The number of unbranched alkanes of at least 4 members (excludes halogenated alkanes) is 15.